The third-order valence-electron chi connectivity index (χ3n) is 2.23. The van der Waals surface area contributed by atoms with Gasteiger partial charge in [0.05, 0.1) is 0 Å². The number of nitrogens with one attached hydrogen (secondary N) is 1. The van der Waals surface area contributed by atoms with Crippen molar-refractivity contribution in [1.82, 2.24) is 10.2 Å². The SMILES string of the molecule is CCCN(CC(=O)O)C(=O)NC(C)CCOC. The number of hydrogen-bond acceptors (Lipinski definition) is 3. The molecule has 0 aromatic rings. The van der Waals surface area contributed by atoms with Gasteiger partial charge in [-0.05, 0) is 19.8 Å². The number of carboxylic acids is 1. The van der Waals surface area contributed by atoms with Crippen LogP contribution in [0, 0.1) is 0 Å². The molecule has 1 unspecified atom stereocenters. The number of methoxy groups -OCH3 is 1. The highest BCUT2D eigenvalue weighted by Gasteiger charge is 2.17. The molecule has 6 nitrogen and oxygen atoms in total. The Labute approximate surface area is 102 Å². The molecule has 0 fully saturated rings. The molecule has 17 heavy (non-hydrogen) atoms. The van der Waals surface area contributed by atoms with E-state index in [0.717, 1.165) is 6.42 Å². The quantitative estimate of drug-likeness (QED) is 0.667. The van der Waals surface area contributed by atoms with Crippen molar-refractivity contribution < 1.29 is 19.4 Å². The Balaban J connectivity index is 4.16. The fourth-order valence-corrected chi connectivity index (χ4v) is 1.35. The minimum Gasteiger partial charge on any atom is -0.480 e. The van der Waals surface area contributed by atoms with Gasteiger partial charge in [0, 0.05) is 26.3 Å². The summed E-state index contributed by atoms with van der Waals surface area (Å²) in [6.45, 7) is 4.50. The highest BCUT2D eigenvalue weighted by Crippen LogP contribution is 1.97. The van der Waals surface area contributed by atoms with Crippen molar-refractivity contribution in [2.45, 2.75) is 32.7 Å². The molecule has 0 aromatic carbocycles. The summed E-state index contributed by atoms with van der Waals surface area (Å²) in [5.74, 6) is -1.00. The maximum atomic E-state index is 11.8. The van der Waals surface area contributed by atoms with Crippen LogP contribution in [0.1, 0.15) is 26.7 Å². The van der Waals surface area contributed by atoms with Crippen LogP contribution in [0.25, 0.3) is 0 Å². The van der Waals surface area contributed by atoms with Gasteiger partial charge in [0.25, 0.3) is 0 Å². The molecule has 100 valence electrons. The highest BCUT2D eigenvalue weighted by atomic mass is 16.5. The number of urea groups is 1. The zero-order chi connectivity index (χ0) is 13.3. The van der Waals surface area contributed by atoms with Crippen molar-refractivity contribution in [3.8, 4) is 0 Å². The lowest BCUT2D eigenvalue weighted by molar-refractivity contribution is -0.137. The van der Waals surface area contributed by atoms with E-state index in [-0.39, 0.29) is 18.6 Å². The summed E-state index contributed by atoms with van der Waals surface area (Å²) in [4.78, 5) is 23.7. The zero-order valence-electron chi connectivity index (χ0n) is 10.7. The third-order valence-corrected chi connectivity index (χ3v) is 2.23. The van der Waals surface area contributed by atoms with E-state index in [1.807, 2.05) is 13.8 Å². The van der Waals surface area contributed by atoms with E-state index in [1.54, 1.807) is 7.11 Å². The first-order valence-electron chi connectivity index (χ1n) is 5.77. The normalized spacial score (nSPS) is 11.9. The van der Waals surface area contributed by atoms with Gasteiger partial charge in [0.1, 0.15) is 6.54 Å². The number of carboxylic acid groups (broad SMARTS) is 1. The van der Waals surface area contributed by atoms with E-state index < -0.39 is 5.97 Å². The minimum atomic E-state index is -1.00. The second-order valence-electron chi connectivity index (χ2n) is 3.95. The molecule has 2 N–H and O–H groups in total. The molecule has 0 spiro atoms. The fourth-order valence-electron chi connectivity index (χ4n) is 1.35. The van der Waals surface area contributed by atoms with E-state index in [4.69, 9.17) is 9.84 Å². The molecule has 0 radical (unpaired) electrons. The summed E-state index contributed by atoms with van der Waals surface area (Å²) in [7, 11) is 1.60. The van der Waals surface area contributed by atoms with Gasteiger partial charge in [0.15, 0.2) is 0 Å². The van der Waals surface area contributed by atoms with Crippen molar-refractivity contribution in [1.29, 1.82) is 0 Å². The Morgan fingerprint density at radius 2 is 2.12 bits per heavy atom. The summed E-state index contributed by atoms with van der Waals surface area (Å²) >= 11 is 0. The lowest BCUT2D eigenvalue weighted by atomic mass is 10.2. The second-order valence-corrected chi connectivity index (χ2v) is 3.95. The molecule has 0 aliphatic rings. The number of nitrogens with zero attached hydrogens (tertiary/aromatic N) is 1. The molecule has 0 heterocycles. The molecule has 0 aromatic heterocycles. The van der Waals surface area contributed by atoms with Gasteiger partial charge >= 0.3 is 12.0 Å². The first kappa shape index (κ1) is 15.7. The van der Waals surface area contributed by atoms with E-state index >= 15 is 0 Å². The summed E-state index contributed by atoms with van der Waals surface area (Å²) in [5, 5.41) is 11.4. The molecular weight excluding hydrogens is 224 g/mol. The van der Waals surface area contributed by atoms with Gasteiger partial charge in [-0.25, -0.2) is 4.79 Å². The molecule has 0 bridgehead atoms. The first-order valence-corrected chi connectivity index (χ1v) is 5.77. The predicted octanol–water partition coefficient (Wildman–Crippen LogP) is 0.918. The molecule has 0 aliphatic carbocycles. The van der Waals surface area contributed by atoms with Crippen LogP contribution < -0.4 is 5.32 Å². The molecule has 2 amide bonds. The topological polar surface area (TPSA) is 78.9 Å². The zero-order valence-corrected chi connectivity index (χ0v) is 10.7. The van der Waals surface area contributed by atoms with Gasteiger partial charge in [-0.2, -0.15) is 0 Å². The average molecular weight is 246 g/mol. The number of rotatable bonds is 8. The maximum absolute atomic E-state index is 11.8. The summed E-state index contributed by atoms with van der Waals surface area (Å²) in [6.07, 6.45) is 1.43. The van der Waals surface area contributed by atoms with Gasteiger partial charge in [-0.1, -0.05) is 6.92 Å². The van der Waals surface area contributed by atoms with Gasteiger partial charge in [-0.3, -0.25) is 4.79 Å². The van der Waals surface area contributed by atoms with E-state index in [9.17, 15) is 9.59 Å². The van der Waals surface area contributed by atoms with Crippen LogP contribution in [0.15, 0.2) is 0 Å². The first-order chi connectivity index (χ1) is 8.01. The van der Waals surface area contributed by atoms with Gasteiger partial charge in [0.2, 0.25) is 0 Å². The Morgan fingerprint density at radius 3 is 2.59 bits per heavy atom. The van der Waals surface area contributed by atoms with E-state index in [1.165, 1.54) is 4.90 Å². The standard InChI is InChI=1S/C11H22N2O4/c1-4-6-13(8-10(14)15)11(16)12-9(2)5-7-17-3/h9H,4-8H2,1-3H3,(H,12,16)(H,14,15). The third kappa shape index (κ3) is 7.57. The van der Waals surface area contributed by atoms with Crippen LogP contribution in [0.4, 0.5) is 4.79 Å². The lowest BCUT2D eigenvalue weighted by Gasteiger charge is -2.23. The monoisotopic (exact) mass is 246 g/mol. The maximum Gasteiger partial charge on any atom is 0.323 e. The Hall–Kier alpha value is -1.30. The van der Waals surface area contributed by atoms with Crippen LogP contribution in [0.3, 0.4) is 0 Å². The molecule has 0 saturated carbocycles. The van der Waals surface area contributed by atoms with Crippen LogP contribution >= 0.6 is 0 Å². The highest BCUT2D eigenvalue weighted by molar-refractivity contribution is 5.80. The summed E-state index contributed by atoms with van der Waals surface area (Å²) in [5.41, 5.74) is 0. The molecular formula is C11H22N2O4. The van der Waals surface area contributed by atoms with Crippen molar-refractivity contribution in [2.75, 3.05) is 26.8 Å². The fraction of sp³-hybridized carbons (Fsp3) is 0.818. The summed E-state index contributed by atoms with van der Waals surface area (Å²) < 4.78 is 4.91. The van der Waals surface area contributed by atoms with Crippen LogP contribution in [-0.2, 0) is 9.53 Å². The summed E-state index contributed by atoms with van der Waals surface area (Å²) in [6, 6.07) is -0.367. The van der Waals surface area contributed by atoms with Crippen molar-refractivity contribution in [2.24, 2.45) is 0 Å². The number of carbonyl (C=O) groups is 2. The van der Waals surface area contributed by atoms with Crippen LogP contribution in [0.2, 0.25) is 0 Å². The van der Waals surface area contributed by atoms with Gasteiger partial charge in [-0.15, -0.1) is 0 Å². The predicted molar refractivity (Wildman–Crippen MR) is 64.0 cm³/mol. The Kier molecular flexibility index (Phi) is 8.13. The van der Waals surface area contributed by atoms with Crippen molar-refractivity contribution in [3.63, 3.8) is 0 Å². The number of amides is 2. The molecule has 0 aliphatic heterocycles. The minimum absolute atomic E-state index is 0.0319. The lowest BCUT2D eigenvalue weighted by Crippen LogP contribution is -2.46. The second kappa shape index (κ2) is 8.81. The Bertz CT molecular complexity index is 246. The molecule has 6 heteroatoms. The van der Waals surface area contributed by atoms with Crippen LogP contribution in [-0.4, -0.2) is 54.9 Å². The molecule has 0 rings (SSSR count). The smallest absolute Gasteiger partial charge is 0.323 e. The molecule has 0 saturated heterocycles. The van der Waals surface area contributed by atoms with E-state index in [2.05, 4.69) is 5.32 Å². The van der Waals surface area contributed by atoms with Crippen molar-refractivity contribution in [3.05, 3.63) is 0 Å². The van der Waals surface area contributed by atoms with Gasteiger partial charge < -0.3 is 20.1 Å². The number of aliphatic carboxylic acids is 1. The molecule has 1 atom stereocenters. The number of hydrogen-bond donors (Lipinski definition) is 2. The largest absolute Gasteiger partial charge is 0.480 e. The number of carbonyl (C=O) groups excluding carboxylic acids is 1. The number of ether oxygens (including phenoxy) is 1. The van der Waals surface area contributed by atoms with Crippen molar-refractivity contribution >= 4 is 12.0 Å². The van der Waals surface area contributed by atoms with E-state index in [0.29, 0.717) is 19.6 Å². The van der Waals surface area contributed by atoms with Crippen LogP contribution in [0.5, 0.6) is 0 Å². The Morgan fingerprint density at radius 1 is 1.47 bits per heavy atom. The average Bonchev–Trinajstić information content (AvgIpc) is 2.25.